The van der Waals surface area contributed by atoms with E-state index in [1.54, 1.807) is 28.9 Å². The van der Waals surface area contributed by atoms with Crippen molar-refractivity contribution in [1.82, 2.24) is 9.78 Å². The number of para-hydroxylation sites is 1. The third kappa shape index (κ3) is 4.04. The molecule has 144 valence electrons. The molecule has 4 nitrogen and oxygen atoms in total. The summed E-state index contributed by atoms with van der Waals surface area (Å²) in [6.45, 7) is 2.03. The largest absolute Gasteiger partial charge is 0.319 e. The number of aromatic nitrogens is 2. The van der Waals surface area contributed by atoms with Crippen molar-refractivity contribution in [3.05, 3.63) is 100 Å². The van der Waals surface area contributed by atoms with E-state index in [1.807, 2.05) is 61.5 Å². The minimum atomic E-state index is -0.364. The summed E-state index contributed by atoms with van der Waals surface area (Å²) < 4.78 is 1.76. The van der Waals surface area contributed by atoms with Crippen LogP contribution in [0.2, 0.25) is 10.0 Å². The van der Waals surface area contributed by atoms with Gasteiger partial charge in [-0.05, 0) is 37.3 Å². The molecule has 0 radical (unpaired) electrons. The maximum Gasteiger partial charge on any atom is 0.276 e. The van der Waals surface area contributed by atoms with E-state index in [-0.39, 0.29) is 11.6 Å². The molecule has 4 rings (SSSR count). The van der Waals surface area contributed by atoms with E-state index in [9.17, 15) is 4.79 Å². The third-order valence-electron chi connectivity index (χ3n) is 4.49. The van der Waals surface area contributed by atoms with Gasteiger partial charge in [-0.1, -0.05) is 77.3 Å². The molecule has 1 aromatic heterocycles. The van der Waals surface area contributed by atoms with Crippen molar-refractivity contribution >= 4 is 34.8 Å². The highest BCUT2D eigenvalue weighted by Crippen LogP contribution is 2.30. The summed E-state index contributed by atoms with van der Waals surface area (Å²) in [5, 5.41) is 8.01. The van der Waals surface area contributed by atoms with Crippen LogP contribution in [0.5, 0.6) is 0 Å². The topological polar surface area (TPSA) is 46.9 Å². The molecule has 1 heterocycles. The van der Waals surface area contributed by atoms with Crippen molar-refractivity contribution in [2.45, 2.75) is 6.92 Å². The number of hydrogen-bond donors (Lipinski definition) is 1. The van der Waals surface area contributed by atoms with Crippen molar-refractivity contribution in [2.24, 2.45) is 0 Å². The summed E-state index contributed by atoms with van der Waals surface area (Å²) >= 11 is 12.2. The summed E-state index contributed by atoms with van der Waals surface area (Å²) in [6.07, 6.45) is 0. The zero-order chi connectivity index (χ0) is 20.4. The zero-order valence-electron chi connectivity index (χ0n) is 15.6. The quantitative estimate of drug-likeness (QED) is 0.413. The van der Waals surface area contributed by atoms with Crippen LogP contribution in [0.15, 0.2) is 78.9 Å². The van der Waals surface area contributed by atoms with E-state index < -0.39 is 0 Å². The van der Waals surface area contributed by atoms with Gasteiger partial charge in [-0.2, -0.15) is 5.10 Å². The monoisotopic (exact) mass is 421 g/mol. The average Bonchev–Trinajstić information content (AvgIpc) is 3.18. The Labute approximate surface area is 178 Å². The Bertz CT molecular complexity index is 1170. The van der Waals surface area contributed by atoms with Crippen LogP contribution in [0, 0.1) is 6.92 Å². The number of halogens is 2. The first kappa shape index (κ1) is 19.2. The molecule has 0 saturated carbocycles. The van der Waals surface area contributed by atoms with Crippen molar-refractivity contribution in [1.29, 1.82) is 0 Å². The molecule has 29 heavy (non-hydrogen) atoms. The van der Waals surface area contributed by atoms with Crippen LogP contribution < -0.4 is 5.32 Å². The van der Waals surface area contributed by atoms with Gasteiger partial charge in [-0.15, -0.1) is 0 Å². The summed E-state index contributed by atoms with van der Waals surface area (Å²) in [5.74, 6) is -0.364. The minimum Gasteiger partial charge on any atom is -0.319 e. The molecular formula is C23H17Cl2N3O. The number of anilines is 1. The third-order valence-corrected chi connectivity index (χ3v) is 5.31. The highest BCUT2D eigenvalue weighted by atomic mass is 35.5. The number of amides is 1. The van der Waals surface area contributed by atoms with Gasteiger partial charge in [0.1, 0.15) is 0 Å². The molecule has 0 aliphatic carbocycles. The number of carbonyl (C=O) groups excluding carboxylic acids is 1. The Kier molecular flexibility index (Phi) is 5.38. The lowest BCUT2D eigenvalue weighted by molar-refractivity contribution is 0.102. The lowest BCUT2D eigenvalue weighted by Gasteiger charge is -2.08. The second-order valence-corrected chi connectivity index (χ2v) is 7.37. The molecule has 0 spiro atoms. The predicted octanol–water partition coefficient (Wildman–Crippen LogP) is 6.41. The van der Waals surface area contributed by atoms with Gasteiger partial charge in [0.25, 0.3) is 5.91 Å². The van der Waals surface area contributed by atoms with E-state index in [0.717, 1.165) is 22.5 Å². The molecule has 0 saturated heterocycles. The minimum absolute atomic E-state index is 0.278. The maximum atomic E-state index is 12.9. The van der Waals surface area contributed by atoms with Crippen LogP contribution in [0.3, 0.4) is 0 Å². The van der Waals surface area contributed by atoms with E-state index in [2.05, 4.69) is 10.4 Å². The Balaban J connectivity index is 1.75. The number of nitrogens with one attached hydrogen (secondary N) is 1. The van der Waals surface area contributed by atoms with Gasteiger partial charge in [0.2, 0.25) is 0 Å². The van der Waals surface area contributed by atoms with Gasteiger partial charge in [-0.25, -0.2) is 4.68 Å². The molecule has 0 fully saturated rings. The van der Waals surface area contributed by atoms with Gasteiger partial charge in [0.15, 0.2) is 5.69 Å². The van der Waals surface area contributed by atoms with E-state index in [4.69, 9.17) is 23.2 Å². The second-order valence-electron chi connectivity index (χ2n) is 6.58. The van der Waals surface area contributed by atoms with Crippen molar-refractivity contribution in [3.63, 3.8) is 0 Å². The first-order valence-corrected chi connectivity index (χ1v) is 9.76. The van der Waals surface area contributed by atoms with Gasteiger partial charge < -0.3 is 5.32 Å². The number of aryl methyl sites for hydroxylation is 1. The lowest BCUT2D eigenvalue weighted by atomic mass is 10.1. The van der Waals surface area contributed by atoms with Crippen molar-refractivity contribution in [3.8, 4) is 16.9 Å². The predicted molar refractivity (Wildman–Crippen MR) is 118 cm³/mol. The smallest absolute Gasteiger partial charge is 0.276 e. The van der Waals surface area contributed by atoms with Crippen LogP contribution in [0.4, 0.5) is 5.69 Å². The number of nitrogens with zero attached hydrogens (tertiary/aromatic N) is 2. The fourth-order valence-electron chi connectivity index (χ4n) is 2.97. The lowest BCUT2D eigenvalue weighted by Crippen LogP contribution is -2.13. The highest BCUT2D eigenvalue weighted by Gasteiger charge is 2.18. The van der Waals surface area contributed by atoms with Crippen molar-refractivity contribution < 1.29 is 4.79 Å². The van der Waals surface area contributed by atoms with E-state index in [0.29, 0.717) is 15.7 Å². The first-order chi connectivity index (χ1) is 14.0. The van der Waals surface area contributed by atoms with Gasteiger partial charge in [0, 0.05) is 5.56 Å². The van der Waals surface area contributed by atoms with Gasteiger partial charge in [0.05, 0.1) is 27.1 Å². The standard InChI is InChI=1S/C23H17Cl2N3O/c1-15-10-12-16(13-11-15)21-14-20(27-28(21)17-6-3-2-4-7-17)23(29)26-19-9-5-8-18(24)22(19)25/h2-14H,1H3,(H,26,29). The second kappa shape index (κ2) is 8.11. The Morgan fingerprint density at radius 1 is 0.931 bits per heavy atom. The number of carbonyl (C=O) groups is 1. The number of benzene rings is 3. The molecule has 0 unspecified atom stereocenters. The van der Waals surface area contributed by atoms with Crippen LogP contribution in [0.25, 0.3) is 16.9 Å². The summed E-state index contributed by atoms with van der Waals surface area (Å²) in [7, 11) is 0. The molecule has 0 aliphatic rings. The molecule has 0 atom stereocenters. The number of rotatable bonds is 4. The number of hydrogen-bond acceptors (Lipinski definition) is 2. The summed E-state index contributed by atoms with van der Waals surface area (Å²) in [5.41, 5.74) is 4.53. The zero-order valence-corrected chi connectivity index (χ0v) is 17.1. The normalized spacial score (nSPS) is 10.7. The Morgan fingerprint density at radius 3 is 2.38 bits per heavy atom. The van der Waals surface area contributed by atoms with Gasteiger partial charge >= 0.3 is 0 Å². The Morgan fingerprint density at radius 2 is 1.66 bits per heavy atom. The first-order valence-electron chi connectivity index (χ1n) is 9.01. The molecule has 1 amide bonds. The van der Waals surface area contributed by atoms with Crippen molar-refractivity contribution in [2.75, 3.05) is 5.32 Å². The van der Waals surface area contributed by atoms with E-state index in [1.165, 1.54) is 0 Å². The summed E-state index contributed by atoms with van der Waals surface area (Å²) in [4.78, 5) is 12.9. The molecule has 0 bridgehead atoms. The molecular weight excluding hydrogens is 405 g/mol. The molecule has 6 heteroatoms. The Hall–Kier alpha value is -3.08. The van der Waals surface area contributed by atoms with Crippen LogP contribution in [0.1, 0.15) is 16.1 Å². The van der Waals surface area contributed by atoms with Crippen LogP contribution >= 0.6 is 23.2 Å². The highest BCUT2D eigenvalue weighted by molar-refractivity contribution is 6.44. The van der Waals surface area contributed by atoms with Gasteiger partial charge in [-0.3, -0.25) is 4.79 Å². The average molecular weight is 422 g/mol. The molecule has 0 aliphatic heterocycles. The van der Waals surface area contributed by atoms with E-state index >= 15 is 0 Å². The molecule has 4 aromatic rings. The fraction of sp³-hybridized carbons (Fsp3) is 0.0435. The van der Waals surface area contributed by atoms with Crippen LogP contribution in [-0.2, 0) is 0 Å². The maximum absolute atomic E-state index is 12.9. The SMILES string of the molecule is Cc1ccc(-c2cc(C(=O)Nc3cccc(Cl)c3Cl)nn2-c2ccccc2)cc1. The molecule has 1 N–H and O–H groups in total. The van der Waals surface area contributed by atoms with Crippen LogP contribution in [-0.4, -0.2) is 15.7 Å². The summed E-state index contributed by atoms with van der Waals surface area (Å²) in [6, 6.07) is 24.6. The fourth-order valence-corrected chi connectivity index (χ4v) is 3.32. The molecule has 3 aromatic carbocycles.